The molecule has 4 aromatic carbocycles. The predicted octanol–water partition coefficient (Wildman–Crippen LogP) is 6.89. The zero-order chi connectivity index (χ0) is 30.2. The van der Waals surface area contributed by atoms with Gasteiger partial charge in [0.2, 0.25) is 5.88 Å². The van der Waals surface area contributed by atoms with E-state index >= 15 is 0 Å². The minimum atomic E-state index is -0.537. The quantitative estimate of drug-likeness (QED) is 0.117. The van der Waals surface area contributed by atoms with Gasteiger partial charge >= 0.3 is 5.97 Å². The maximum Gasteiger partial charge on any atom is 0.343 e. The van der Waals surface area contributed by atoms with Crippen molar-refractivity contribution in [3.63, 3.8) is 0 Å². The van der Waals surface area contributed by atoms with Crippen LogP contribution in [0.2, 0.25) is 0 Å². The lowest BCUT2D eigenvalue weighted by atomic mass is 9.83. The van der Waals surface area contributed by atoms with Crippen LogP contribution in [0.1, 0.15) is 52.7 Å². The SMILES string of the molecule is CCCCOc1cccc(C(=O)Oc2ccc3c(c2)OC(N)=C(C#N)C3c2ccc(OCc3ccccc3)c(OC)c2)c1. The Hall–Kier alpha value is -5.42. The summed E-state index contributed by atoms with van der Waals surface area (Å²) < 4.78 is 28.8. The number of hydrogen-bond acceptors (Lipinski definition) is 8. The summed E-state index contributed by atoms with van der Waals surface area (Å²) in [4.78, 5) is 12.9. The van der Waals surface area contributed by atoms with Crippen molar-refractivity contribution in [1.29, 1.82) is 5.26 Å². The zero-order valence-electron chi connectivity index (χ0n) is 24.0. The number of rotatable bonds is 11. The van der Waals surface area contributed by atoms with Crippen LogP contribution in [0, 0.1) is 11.3 Å². The van der Waals surface area contributed by atoms with Gasteiger partial charge in [-0.05, 0) is 53.9 Å². The highest BCUT2D eigenvalue weighted by Gasteiger charge is 2.32. The van der Waals surface area contributed by atoms with Crippen molar-refractivity contribution in [3.8, 4) is 34.8 Å². The molecule has 0 radical (unpaired) electrons. The summed E-state index contributed by atoms with van der Waals surface area (Å²) in [7, 11) is 1.56. The van der Waals surface area contributed by atoms with E-state index in [2.05, 4.69) is 13.0 Å². The number of unbranched alkanes of at least 4 members (excludes halogenated alkanes) is 1. The second kappa shape index (κ2) is 13.5. The largest absolute Gasteiger partial charge is 0.494 e. The van der Waals surface area contributed by atoms with Gasteiger partial charge in [-0.3, -0.25) is 0 Å². The van der Waals surface area contributed by atoms with Crippen LogP contribution >= 0.6 is 0 Å². The summed E-state index contributed by atoms with van der Waals surface area (Å²) >= 11 is 0. The number of nitriles is 1. The van der Waals surface area contributed by atoms with Gasteiger partial charge in [0.1, 0.15) is 35.5 Å². The fourth-order valence-corrected chi connectivity index (χ4v) is 4.77. The lowest BCUT2D eigenvalue weighted by molar-refractivity contribution is 0.0734. The molecule has 1 heterocycles. The molecule has 1 aliphatic rings. The van der Waals surface area contributed by atoms with E-state index in [0.29, 0.717) is 47.3 Å². The number of carbonyl (C=O) groups is 1. The number of benzene rings is 4. The first-order valence-electron chi connectivity index (χ1n) is 14.0. The molecule has 218 valence electrons. The van der Waals surface area contributed by atoms with Gasteiger partial charge in [-0.1, -0.05) is 61.9 Å². The summed E-state index contributed by atoms with van der Waals surface area (Å²) in [5.41, 5.74) is 9.31. The number of esters is 1. The minimum absolute atomic E-state index is 0.0243. The Labute approximate surface area is 250 Å². The molecule has 0 aliphatic carbocycles. The van der Waals surface area contributed by atoms with Crippen molar-refractivity contribution in [2.75, 3.05) is 13.7 Å². The number of fused-ring (bicyclic) bond motifs is 1. The Morgan fingerprint density at radius 1 is 0.930 bits per heavy atom. The van der Waals surface area contributed by atoms with Gasteiger partial charge in [-0.25, -0.2) is 4.79 Å². The Bertz CT molecular complexity index is 1680. The van der Waals surface area contributed by atoms with E-state index in [0.717, 1.165) is 24.0 Å². The number of methoxy groups -OCH3 is 1. The highest BCUT2D eigenvalue weighted by molar-refractivity contribution is 5.91. The molecule has 2 N–H and O–H groups in total. The van der Waals surface area contributed by atoms with Crippen LogP contribution in [0.15, 0.2) is 102 Å². The smallest absolute Gasteiger partial charge is 0.343 e. The number of nitrogens with zero attached hydrogens (tertiary/aromatic N) is 1. The molecule has 43 heavy (non-hydrogen) atoms. The molecule has 4 aromatic rings. The van der Waals surface area contributed by atoms with Crippen molar-refractivity contribution in [2.24, 2.45) is 5.73 Å². The Balaban J connectivity index is 1.38. The Morgan fingerprint density at radius 3 is 2.53 bits per heavy atom. The standard InChI is InChI=1S/C35H32N2O6/c1-3-4-17-40-26-12-8-11-25(18-26)35(38)42-27-14-15-28-31(20-27)43-34(37)29(21-36)33(28)24-13-16-30(32(19-24)39-2)41-22-23-9-6-5-7-10-23/h5-16,18-20,33H,3-4,17,22,37H2,1-2H3. The van der Waals surface area contributed by atoms with E-state index in [1.54, 1.807) is 49.6 Å². The molecule has 5 rings (SSSR count). The molecule has 0 spiro atoms. The first kappa shape index (κ1) is 29.1. The molecule has 0 aromatic heterocycles. The van der Waals surface area contributed by atoms with Gasteiger partial charge in [0, 0.05) is 11.6 Å². The molecule has 0 saturated carbocycles. The van der Waals surface area contributed by atoms with Gasteiger partial charge in [0.05, 0.1) is 25.2 Å². The molecule has 8 nitrogen and oxygen atoms in total. The van der Waals surface area contributed by atoms with Crippen LogP contribution < -0.4 is 29.4 Å². The molecule has 1 unspecified atom stereocenters. The topological polar surface area (TPSA) is 113 Å². The second-order valence-electron chi connectivity index (χ2n) is 9.93. The van der Waals surface area contributed by atoms with Crippen LogP contribution in [0.5, 0.6) is 28.7 Å². The third kappa shape index (κ3) is 6.74. The fraction of sp³-hybridized carbons (Fsp3) is 0.200. The normalized spacial score (nSPS) is 13.7. The summed E-state index contributed by atoms with van der Waals surface area (Å²) in [5, 5.41) is 10.00. The Kier molecular flexibility index (Phi) is 9.13. The molecule has 0 bridgehead atoms. The molecular formula is C35H32N2O6. The number of hydrogen-bond donors (Lipinski definition) is 1. The number of ether oxygens (including phenoxy) is 5. The van der Waals surface area contributed by atoms with E-state index in [1.807, 2.05) is 48.5 Å². The summed E-state index contributed by atoms with van der Waals surface area (Å²) in [6, 6.07) is 29.4. The van der Waals surface area contributed by atoms with E-state index in [9.17, 15) is 10.1 Å². The minimum Gasteiger partial charge on any atom is -0.494 e. The van der Waals surface area contributed by atoms with Gasteiger partial charge in [-0.15, -0.1) is 0 Å². The van der Waals surface area contributed by atoms with Crippen molar-refractivity contribution < 1.29 is 28.5 Å². The second-order valence-corrected chi connectivity index (χ2v) is 9.93. The first-order valence-corrected chi connectivity index (χ1v) is 14.0. The number of allylic oxidation sites excluding steroid dienone is 1. The maximum absolute atomic E-state index is 12.9. The molecule has 0 fully saturated rings. The molecule has 8 heteroatoms. The highest BCUT2D eigenvalue weighted by Crippen LogP contribution is 2.45. The highest BCUT2D eigenvalue weighted by atomic mass is 16.5. The van der Waals surface area contributed by atoms with Crippen molar-refractivity contribution in [2.45, 2.75) is 32.3 Å². The molecule has 0 amide bonds. The van der Waals surface area contributed by atoms with Crippen molar-refractivity contribution >= 4 is 5.97 Å². The van der Waals surface area contributed by atoms with E-state index in [-0.39, 0.29) is 17.2 Å². The van der Waals surface area contributed by atoms with Crippen LogP contribution in [-0.2, 0) is 6.61 Å². The lowest BCUT2D eigenvalue weighted by Gasteiger charge is -2.27. The van der Waals surface area contributed by atoms with Crippen molar-refractivity contribution in [3.05, 3.63) is 125 Å². The van der Waals surface area contributed by atoms with Gasteiger partial charge in [-0.2, -0.15) is 5.26 Å². The summed E-state index contributed by atoms with van der Waals surface area (Å²) in [6.07, 6.45) is 1.94. The average molecular weight is 577 g/mol. The van der Waals surface area contributed by atoms with E-state index < -0.39 is 11.9 Å². The summed E-state index contributed by atoms with van der Waals surface area (Å²) in [5.74, 6) is 1.25. The third-order valence-corrected chi connectivity index (χ3v) is 7.00. The predicted molar refractivity (Wildman–Crippen MR) is 161 cm³/mol. The average Bonchev–Trinajstić information content (AvgIpc) is 3.03. The molecule has 1 atom stereocenters. The number of carbonyl (C=O) groups excluding carboxylic acids is 1. The molecular weight excluding hydrogens is 544 g/mol. The van der Waals surface area contributed by atoms with Crippen LogP contribution in [0.25, 0.3) is 0 Å². The Morgan fingerprint density at radius 2 is 1.77 bits per heavy atom. The van der Waals surface area contributed by atoms with Crippen molar-refractivity contribution in [1.82, 2.24) is 0 Å². The first-order chi connectivity index (χ1) is 21.0. The number of nitrogens with two attached hydrogens (primary N) is 1. The van der Waals surface area contributed by atoms with Gasteiger partial charge in [0.15, 0.2) is 11.5 Å². The lowest BCUT2D eigenvalue weighted by Crippen LogP contribution is -2.21. The summed E-state index contributed by atoms with van der Waals surface area (Å²) in [6.45, 7) is 3.04. The fourth-order valence-electron chi connectivity index (χ4n) is 4.77. The van der Waals surface area contributed by atoms with E-state index in [4.69, 9.17) is 29.4 Å². The van der Waals surface area contributed by atoms with E-state index in [1.165, 1.54) is 0 Å². The molecule has 1 aliphatic heterocycles. The molecule has 0 saturated heterocycles. The van der Waals surface area contributed by atoms with Crippen LogP contribution in [-0.4, -0.2) is 19.7 Å². The van der Waals surface area contributed by atoms with Gasteiger partial charge < -0.3 is 29.4 Å². The zero-order valence-corrected chi connectivity index (χ0v) is 24.0. The third-order valence-electron chi connectivity index (χ3n) is 7.00. The monoisotopic (exact) mass is 576 g/mol. The van der Waals surface area contributed by atoms with Crippen LogP contribution in [0.3, 0.4) is 0 Å². The van der Waals surface area contributed by atoms with Gasteiger partial charge in [0.25, 0.3) is 0 Å². The van der Waals surface area contributed by atoms with Crippen LogP contribution in [0.4, 0.5) is 0 Å². The maximum atomic E-state index is 12.9.